The lowest BCUT2D eigenvalue weighted by Gasteiger charge is -2.20. The minimum atomic E-state index is -0.0183. The summed E-state index contributed by atoms with van der Waals surface area (Å²) in [6, 6.07) is 6.47. The molecule has 0 bridgehead atoms. The van der Waals surface area contributed by atoms with E-state index in [1.54, 1.807) is 23.1 Å². The van der Waals surface area contributed by atoms with Crippen LogP contribution in [0.5, 0.6) is 5.75 Å². The maximum atomic E-state index is 11.9. The predicted molar refractivity (Wildman–Crippen MR) is 60.0 cm³/mol. The topological polar surface area (TPSA) is 40.5 Å². The molecule has 1 rings (SSSR count). The maximum absolute atomic E-state index is 11.9. The van der Waals surface area contributed by atoms with Crippen molar-refractivity contribution in [3.05, 3.63) is 29.8 Å². The van der Waals surface area contributed by atoms with Gasteiger partial charge in [0, 0.05) is 18.7 Å². The summed E-state index contributed by atoms with van der Waals surface area (Å²) < 4.78 is 0. The second kappa shape index (κ2) is 5.39. The van der Waals surface area contributed by atoms with Gasteiger partial charge in [0.1, 0.15) is 5.75 Å². The van der Waals surface area contributed by atoms with E-state index < -0.39 is 0 Å². The van der Waals surface area contributed by atoms with E-state index in [1.165, 1.54) is 6.07 Å². The third-order valence-electron chi connectivity index (χ3n) is 2.26. The first-order valence-corrected chi connectivity index (χ1v) is 5.27. The van der Waals surface area contributed by atoms with Gasteiger partial charge in [-0.25, -0.2) is 0 Å². The number of nitrogens with zero attached hydrogens (tertiary/aromatic N) is 1. The molecule has 1 aromatic rings. The summed E-state index contributed by atoms with van der Waals surface area (Å²) in [5.41, 5.74) is 0.547. The van der Waals surface area contributed by atoms with Gasteiger partial charge in [0.05, 0.1) is 0 Å². The van der Waals surface area contributed by atoms with E-state index in [0.717, 1.165) is 13.0 Å². The summed E-state index contributed by atoms with van der Waals surface area (Å²) in [5.74, 6) is 0.114. The average molecular weight is 207 g/mol. The molecule has 3 nitrogen and oxygen atoms in total. The van der Waals surface area contributed by atoms with Gasteiger partial charge in [-0.1, -0.05) is 13.0 Å². The standard InChI is InChI=1S/C12H17NO2/c1-3-8-13(4-2)12(15)10-6-5-7-11(14)9-10/h5-7,9,14H,3-4,8H2,1-2H3. The monoisotopic (exact) mass is 207 g/mol. The van der Waals surface area contributed by atoms with E-state index in [-0.39, 0.29) is 11.7 Å². The summed E-state index contributed by atoms with van der Waals surface area (Å²) in [4.78, 5) is 13.7. The van der Waals surface area contributed by atoms with Gasteiger partial charge in [-0.05, 0) is 31.5 Å². The number of hydrogen-bond acceptors (Lipinski definition) is 2. The van der Waals surface area contributed by atoms with Crippen molar-refractivity contribution in [3.8, 4) is 5.75 Å². The third kappa shape index (κ3) is 2.98. The molecule has 0 aromatic heterocycles. The zero-order valence-electron chi connectivity index (χ0n) is 9.23. The van der Waals surface area contributed by atoms with Crippen LogP contribution >= 0.6 is 0 Å². The average Bonchev–Trinajstić information content (AvgIpc) is 2.25. The number of benzene rings is 1. The highest BCUT2D eigenvalue weighted by Gasteiger charge is 2.12. The van der Waals surface area contributed by atoms with E-state index in [4.69, 9.17) is 0 Å². The van der Waals surface area contributed by atoms with Crippen LogP contribution in [0.4, 0.5) is 0 Å². The summed E-state index contributed by atoms with van der Waals surface area (Å²) in [6.07, 6.45) is 0.943. The van der Waals surface area contributed by atoms with Crippen LogP contribution in [0.15, 0.2) is 24.3 Å². The Labute approximate surface area is 90.3 Å². The Kier molecular flexibility index (Phi) is 4.16. The number of carbonyl (C=O) groups is 1. The van der Waals surface area contributed by atoms with Crippen molar-refractivity contribution >= 4 is 5.91 Å². The first kappa shape index (κ1) is 11.6. The summed E-state index contributed by atoms with van der Waals surface area (Å²) in [5, 5.41) is 9.28. The Morgan fingerprint density at radius 3 is 2.67 bits per heavy atom. The van der Waals surface area contributed by atoms with E-state index in [1.807, 2.05) is 13.8 Å². The molecule has 0 atom stereocenters. The molecule has 0 aliphatic carbocycles. The fourth-order valence-corrected chi connectivity index (χ4v) is 1.49. The van der Waals surface area contributed by atoms with E-state index >= 15 is 0 Å². The molecule has 1 aromatic carbocycles. The fourth-order valence-electron chi connectivity index (χ4n) is 1.49. The van der Waals surface area contributed by atoms with Gasteiger partial charge in [0.25, 0.3) is 5.91 Å². The molecule has 3 heteroatoms. The number of phenols is 1. The molecule has 1 amide bonds. The van der Waals surface area contributed by atoms with Gasteiger partial charge < -0.3 is 10.0 Å². The molecule has 0 fully saturated rings. The normalized spacial score (nSPS) is 10.0. The van der Waals surface area contributed by atoms with E-state index in [9.17, 15) is 9.90 Å². The molecule has 0 spiro atoms. The van der Waals surface area contributed by atoms with Crippen LogP contribution < -0.4 is 0 Å². The molecule has 82 valence electrons. The van der Waals surface area contributed by atoms with Crippen molar-refractivity contribution in [2.75, 3.05) is 13.1 Å². The molecule has 0 radical (unpaired) electrons. The number of amides is 1. The van der Waals surface area contributed by atoms with Gasteiger partial charge in [-0.15, -0.1) is 0 Å². The first-order chi connectivity index (χ1) is 7.19. The molecule has 0 saturated carbocycles. The number of aromatic hydroxyl groups is 1. The number of carbonyl (C=O) groups excluding carboxylic acids is 1. The van der Waals surface area contributed by atoms with Crippen LogP contribution in [-0.2, 0) is 0 Å². The van der Waals surface area contributed by atoms with Crippen LogP contribution in [0.1, 0.15) is 30.6 Å². The lowest BCUT2D eigenvalue weighted by atomic mass is 10.2. The smallest absolute Gasteiger partial charge is 0.253 e. The first-order valence-electron chi connectivity index (χ1n) is 5.27. The molecular formula is C12H17NO2. The fraction of sp³-hybridized carbons (Fsp3) is 0.417. The Bertz CT molecular complexity index is 336. The van der Waals surface area contributed by atoms with E-state index in [0.29, 0.717) is 12.1 Å². The van der Waals surface area contributed by atoms with Crippen LogP contribution in [0, 0.1) is 0 Å². The Hall–Kier alpha value is -1.51. The van der Waals surface area contributed by atoms with Crippen molar-refractivity contribution in [1.29, 1.82) is 0 Å². The van der Waals surface area contributed by atoms with Crippen molar-refractivity contribution in [1.82, 2.24) is 4.90 Å². The van der Waals surface area contributed by atoms with Crippen LogP contribution in [0.25, 0.3) is 0 Å². The molecule has 0 aliphatic heterocycles. The highest BCUT2D eigenvalue weighted by Crippen LogP contribution is 2.13. The van der Waals surface area contributed by atoms with Crippen molar-refractivity contribution in [2.24, 2.45) is 0 Å². The van der Waals surface area contributed by atoms with Gasteiger partial charge in [0.2, 0.25) is 0 Å². The van der Waals surface area contributed by atoms with Crippen LogP contribution in [0.2, 0.25) is 0 Å². The zero-order chi connectivity index (χ0) is 11.3. The van der Waals surface area contributed by atoms with Crippen LogP contribution in [-0.4, -0.2) is 29.0 Å². The number of hydrogen-bond donors (Lipinski definition) is 1. The minimum Gasteiger partial charge on any atom is -0.508 e. The highest BCUT2D eigenvalue weighted by atomic mass is 16.3. The summed E-state index contributed by atoms with van der Waals surface area (Å²) >= 11 is 0. The molecule has 0 unspecified atom stereocenters. The minimum absolute atomic E-state index is 0.0183. The molecule has 0 aliphatic rings. The van der Waals surface area contributed by atoms with Crippen molar-refractivity contribution in [2.45, 2.75) is 20.3 Å². The quantitative estimate of drug-likeness (QED) is 0.822. The molecular weight excluding hydrogens is 190 g/mol. The second-order valence-electron chi connectivity index (χ2n) is 3.44. The summed E-state index contributed by atoms with van der Waals surface area (Å²) in [6.45, 7) is 5.45. The predicted octanol–water partition coefficient (Wildman–Crippen LogP) is 2.26. The maximum Gasteiger partial charge on any atom is 0.253 e. The lowest BCUT2D eigenvalue weighted by molar-refractivity contribution is 0.0764. The summed E-state index contributed by atoms with van der Waals surface area (Å²) in [7, 11) is 0. The SMILES string of the molecule is CCCN(CC)C(=O)c1cccc(O)c1. The molecule has 0 heterocycles. The second-order valence-corrected chi connectivity index (χ2v) is 3.44. The highest BCUT2D eigenvalue weighted by molar-refractivity contribution is 5.94. The lowest BCUT2D eigenvalue weighted by Crippen LogP contribution is -2.31. The van der Waals surface area contributed by atoms with Crippen molar-refractivity contribution < 1.29 is 9.90 Å². The molecule has 1 N–H and O–H groups in total. The van der Waals surface area contributed by atoms with Crippen LogP contribution in [0.3, 0.4) is 0 Å². The Balaban J connectivity index is 2.82. The Morgan fingerprint density at radius 1 is 1.40 bits per heavy atom. The molecule has 0 saturated heterocycles. The van der Waals surface area contributed by atoms with Crippen molar-refractivity contribution in [3.63, 3.8) is 0 Å². The van der Waals surface area contributed by atoms with E-state index in [2.05, 4.69) is 0 Å². The number of rotatable bonds is 4. The third-order valence-corrected chi connectivity index (χ3v) is 2.26. The Morgan fingerprint density at radius 2 is 2.13 bits per heavy atom. The van der Waals surface area contributed by atoms with Gasteiger partial charge in [-0.2, -0.15) is 0 Å². The van der Waals surface area contributed by atoms with Gasteiger partial charge >= 0.3 is 0 Å². The molecule has 15 heavy (non-hydrogen) atoms. The largest absolute Gasteiger partial charge is 0.508 e. The zero-order valence-corrected chi connectivity index (χ0v) is 9.23. The van der Waals surface area contributed by atoms with Gasteiger partial charge in [-0.3, -0.25) is 4.79 Å². The number of phenolic OH excluding ortho intramolecular Hbond substituents is 1. The van der Waals surface area contributed by atoms with Gasteiger partial charge in [0.15, 0.2) is 0 Å².